The summed E-state index contributed by atoms with van der Waals surface area (Å²) >= 11 is 0. The molecule has 1 amide bonds. The summed E-state index contributed by atoms with van der Waals surface area (Å²) in [5.74, 6) is -0.0747. The lowest BCUT2D eigenvalue weighted by atomic mass is 9.71. The van der Waals surface area contributed by atoms with E-state index in [2.05, 4.69) is 24.5 Å². The van der Waals surface area contributed by atoms with Gasteiger partial charge in [0.05, 0.1) is 18.8 Å². The average Bonchev–Trinajstić information content (AvgIpc) is 2.37. The number of ether oxygens (including phenoxy) is 1. The molecule has 1 aliphatic rings. The first-order valence-electron chi connectivity index (χ1n) is 7.06. The zero-order valence-electron chi connectivity index (χ0n) is 12.4. The molecule has 19 heavy (non-hydrogen) atoms. The van der Waals surface area contributed by atoms with Gasteiger partial charge in [0.1, 0.15) is 0 Å². The van der Waals surface area contributed by atoms with E-state index in [9.17, 15) is 9.90 Å². The van der Waals surface area contributed by atoms with Gasteiger partial charge in [-0.1, -0.05) is 13.8 Å². The third kappa shape index (κ3) is 6.36. The van der Waals surface area contributed by atoms with E-state index < -0.39 is 5.60 Å². The summed E-state index contributed by atoms with van der Waals surface area (Å²) in [6.45, 7) is 6.32. The first kappa shape index (κ1) is 16.4. The number of carbonyl (C=O) groups excluding carboxylic acids is 1. The Morgan fingerprint density at radius 1 is 1.26 bits per heavy atom. The van der Waals surface area contributed by atoms with Crippen LogP contribution in [0.2, 0.25) is 0 Å². The number of amides is 1. The van der Waals surface area contributed by atoms with Crippen molar-refractivity contribution in [1.82, 2.24) is 10.6 Å². The number of hydrogen-bond acceptors (Lipinski definition) is 4. The lowest BCUT2D eigenvalue weighted by Gasteiger charge is -2.40. The van der Waals surface area contributed by atoms with Crippen LogP contribution in [0.1, 0.15) is 39.5 Å². The Labute approximate surface area is 116 Å². The minimum absolute atomic E-state index is 0.0747. The van der Waals surface area contributed by atoms with Crippen LogP contribution < -0.4 is 10.6 Å². The van der Waals surface area contributed by atoms with Gasteiger partial charge in [-0.05, 0) is 31.1 Å². The normalized spacial score (nSPS) is 21.1. The quantitative estimate of drug-likeness (QED) is 0.596. The van der Waals surface area contributed by atoms with Gasteiger partial charge >= 0.3 is 0 Å². The summed E-state index contributed by atoms with van der Waals surface area (Å²) in [4.78, 5) is 11.6. The van der Waals surface area contributed by atoms with Crippen LogP contribution in [0.4, 0.5) is 0 Å². The molecule has 0 spiro atoms. The number of aliphatic hydroxyl groups is 1. The zero-order chi connectivity index (χ0) is 14.4. The Bertz CT molecular complexity index is 282. The molecule has 0 heterocycles. The molecule has 0 aromatic rings. The first-order valence-corrected chi connectivity index (χ1v) is 7.06. The van der Waals surface area contributed by atoms with Crippen molar-refractivity contribution in [1.29, 1.82) is 0 Å². The minimum atomic E-state index is -0.724. The second-order valence-corrected chi connectivity index (χ2v) is 6.33. The van der Waals surface area contributed by atoms with Gasteiger partial charge < -0.3 is 20.5 Å². The highest BCUT2D eigenvalue weighted by molar-refractivity contribution is 5.78. The summed E-state index contributed by atoms with van der Waals surface area (Å²) in [5, 5.41) is 16.2. The van der Waals surface area contributed by atoms with Gasteiger partial charge in [-0.15, -0.1) is 0 Å². The number of carbonyl (C=O) groups is 1. The fourth-order valence-corrected chi connectivity index (χ4v) is 2.27. The van der Waals surface area contributed by atoms with E-state index in [4.69, 9.17) is 4.74 Å². The molecule has 0 aromatic heterocycles. The minimum Gasteiger partial charge on any atom is -0.388 e. The molecule has 0 saturated heterocycles. The molecule has 0 aliphatic heterocycles. The van der Waals surface area contributed by atoms with Crippen LogP contribution >= 0.6 is 0 Å². The van der Waals surface area contributed by atoms with Crippen LogP contribution in [-0.2, 0) is 9.53 Å². The molecule has 112 valence electrons. The SMILES string of the molecule is COCCNCC(=O)NCC1(O)CCC(C)(C)CC1. The number of nitrogens with one attached hydrogen (secondary N) is 2. The van der Waals surface area contributed by atoms with E-state index in [1.165, 1.54) is 0 Å². The molecule has 1 aliphatic carbocycles. The Hall–Kier alpha value is -0.650. The summed E-state index contributed by atoms with van der Waals surface area (Å²) in [6.07, 6.45) is 3.53. The second-order valence-electron chi connectivity index (χ2n) is 6.33. The van der Waals surface area contributed by atoms with Gasteiger partial charge in [0.25, 0.3) is 0 Å². The molecule has 0 unspecified atom stereocenters. The van der Waals surface area contributed by atoms with E-state index in [-0.39, 0.29) is 12.5 Å². The first-order chi connectivity index (χ1) is 8.87. The molecule has 0 bridgehead atoms. The molecule has 1 fully saturated rings. The molecule has 0 aromatic carbocycles. The van der Waals surface area contributed by atoms with E-state index in [1.54, 1.807) is 7.11 Å². The second kappa shape index (κ2) is 7.22. The predicted molar refractivity (Wildman–Crippen MR) is 75.0 cm³/mol. The van der Waals surface area contributed by atoms with Crippen molar-refractivity contribution in [2.24, 2.45) is 5.41 Å². The van der Waals surface area contributed by atoms with Crippen LogP contribution in [0.5, 0.6) is 0 Å². The van der Waals surface area contributed by atoms with Gasteiger partial charge in [-0.2, -0.15) is 0 Å². The van der Waals surface area contributed by atoms with Gasteiger partial charge in [0.15, 0.2) is 0 Å². The fraction of sp³-hybridized carbons (Fsp3) is 0.929. The highest BCUT2D eigenvalue weighted by Gasteiger charge is 2.36. The highest BCUT2D eigenvalue weighted by Crippen LogP contribution is 2.39. The van der Waals surface area contributed by atoms with Gasteiger partial charge in [0, 0.05) is 20.2 Å². The molecule has 0 radical (unpaired) electrons. The molecule has 5 nitrogen and oxygen atoms in total. The molecule has 0 atom stereocenters. The Kier molecular flexibility index (Phi) is 6.23. The molecule has 1 rings (SSSR count). The number of rotatable bonds is 7. The number of hydrogen-bond donors (Lipinski definition) is 3. The van der Waals surface area contributed by atoms with Crippen LogP contribution in [-0.4, -0.2) is 50.0 Å². The van der Waals surface area contributed by atoms with Crippen molar-refractivity contribution < 1.29 is 14.6 Å². The smallest absolute Gasteiger partial charge is 0.234 e. The molecular formula is C14H28N2O3. The van der Waals surface area contributed by atoms with Crippen LogP contribution in [0.15, 0.2) is 0 Å². The van der Waals surface area contributed by atoms with Gasteiger partial charge in [-0.3, -0.25) is 4.79 Å². The Balaban J connectivity index is 2.19. The highest BCUT2D eigenvalue weighted by atomic mass is 16.5. The van der Waals surface area contributed by atoms with Crippen LogP contribution in [0.25, 0.3) is 0 Å². The Morgan fingerprint density at radius 2 is 1.89 bits per heavy atom. The molecule has 1 saturated carbocycles. The van der Waals surface area contributed by atoms with E-state index in [0.29, 0.717) is 25.1 Å². The van der Waals surface area contributed by atoms with E-state index in [0.717, 1.165) is 25.7 Å². The summed E-state index contributed by atoms with van der Waals surface area (Å²) in [6, 6.07) is 0. The third-order valence-electron chi connectivity index (χ3n) is 3.92. The van der Waals surface area contributed by atoms with Crippen molar-refractivity contribution >= 4 is 5.91 Å². The van der Waals surface area contributed by atoms with Crippen LogP contribution in [0.3, 0.4) is 0 Å². The third-order valence-corrected chi connectivity index (χ3v) is 3.92. The standard InChI is InChI=1S/C14H28N2O3/c1-13(2)4-6-14(18,7-5-13)11-16-12(17)10-15-8-9-19-3/h15,18H,4-11H2,1-3H3,(H,16,17). The van der Waals surface area contributed by atoms with Crippen molar-refractivity contribution in [2.75, 3.05) is 33.4 Å². The largest absolute Gasteiger partial charge is 0.388 e. The van der Waals surface area contributed by atoms with Crippen molar-refractivity contribution in [3.63, 3.8) is 0 Å². The maximum Gasteiger partial charge on any atom is 0.234 e. The van der Waals surface area contributed by atoms with Crippen molar-refractivity contribution in [2.45, 2.75) is 45.1 Å². The van der Waals surface area contributed by atoms with E-state index in [1.807, 2.05) is 0 Å². The van der Waals surface area contributed by atoms with Gasteiger partial charge in [0.2, 0.25) is 5.91 Å². The van der Waals surface area contributed by atoms with E-state index >= 15 is 0 Å². The lowest BCUT2D eigenvalue weighted by molar-refractivity contribution is -0.122. The molecule has 5 heteroatoms. The average molecular weight is 272 g/mol. The van der Waals surface area contributed by atoms with Crippen LogP contribution in [0, 0.1) is 5.41 Å². The molecular weight excluding hydrogens is 244 g/mol. The lowest BCUT2D eigenvalue weighted by Crippen LogP contribution is -2.48. The monoisotopic (exact) mass is 272 g/mol. The maximum absolute atomic E-state index is 11.6. The van der Waals surface area contributed by atoms with Gasteiger partial charge in [-0.25, -0.2) is 0 Å². The topological polar surface area (TPSA) is 70.6 Å². The maximum atomic E-state index is 11.6. The zero-order valence-corrected chi connectivity index (χ0v) is 12.4. The fourth-order valence-electron chi connectivity index (χ4n) is 2.27. The summed E-state index contributed by atoms with van der Waals surface area (Å²) in [7, 11) is 1.63. The summed E-state index contributed by atoms with van der Waals surface area (Å²) < 4.78 is 4.88. The predicted octanol–water partition coefficient (Wildman–Crippen LogP) is 0.670. The molecule has 3 N–H and O–H groups in total. The summed E-state index contributed by atoms with van der Waals surface area (Å²) in [5.41, 5.74) is -0.407. The number of methoxy groups -OCH3 is 1. The van der Waals surface area contributed by atoms with Crippen molar-refractivity contribution in [3.8, 4) is 0 Å². The van der Waals surface area contributed by atoms with Crippen molar-refractivity contribution in [3.05, 3.63) is 0 Å². The Morgan fingerprint density at radius 3 is 2.47 bits per heavy atom.